The molecule has 0 saturated carbocycles. The minimum atomic E-state index is 0.918. The largest absolute Gasteiger partial charge is 0.386 e. The van der Waals surface area contributed by atoms with Crippen molar-refractivity contribution in [2.75, 3.05) is 7.11 Å². The summed E-state index contributed by atoms with van der Waals surface area (Å²) in [6.45, 7) is 0. The lowest BCUT2D eigenvalue weighted by Gasteiger charge is -1.96. The Kier molecular flexibility index (Phi) is 0.913. The smallest absolute Gasteiger partial charge is 0.120 e. The lowest BCUT2D eigenvalue weighted by atomic mass is 10.7. The molecule has 5 nitrogen and oxygen atoms in total. The highest BCUT2D eigenvalue weighted by molar-refractivity contribution is 5.39. The van der Waals surface area contributed by atoms with E-state index in [1.165, 1.54) is 4.96 Å². The molecule has 0 aliphatic heterocycles. The van der Waals surface area contributed by atoms with Gasteiger partial charge in [0.2, 0.25) is 0 Å². The first-order valence-corrected chi connectivity index (χ1v) is 2.82. The van der Waals surface area contributed by atoms with Gasteiger partial charge < -0.3 is 4.84 Å². The molecule has 2 rings (SSSR count). The van der Waals surface area contributed by atoms with E-state index in [2.05, 4.69) is 10.1 Å². The number of aromatic nitrogens is 4. The lowest BCUT2D eigenvalue weighted by molar-refractivity contribution is 0.0891. The molecule has 2 heterocycles. The van der Waals surface area contributed by atoms with Crippen LogP contribution >= 0.6 is 0 Å². The first-order chi connectivity index (χ1) is 4.92. The average molecular weight is 138 g/mol. The first-order valence-electron chi connectivity index (χ1n) is 2.82. The Balaban J connectivity index is 2.76. The van der Waals surface area contributed by atoms with E-state index in [1.807, 2.05) is 0 Å². The highest BCUT2D eigenvalue weighted by atomic mass is 16.7. The maximum atomic E-state index is 4.85. The topological polar surface area (TPSA) is 44.3 Å². The van der Waals surface area contributed by atoms with E-state index in [1.54, 1.807) is 30.3 Å². The summed E-state index contributed by atoms with van der Waals surface area (Å²) in [4.78, 5) is 10.1. The molecule has 0 aliphatic rings. The molecule has 0 atom stereocenters. The van der Waals surface area contributed by atoms with Crippen LogP contribution in [0.15, 0.2) is 18.7 Å². The summed E-state index contributed by atoms with van der Waals surface area (Å²) in [5, 5.41) is 3.89. The monoisotopic (exact) mass is 138 g/mol. The van der Waals surface area contributed by atoms with Gasteiger partial charge in [-0.1, -0.05) is 0 Å². The van der Waals surface area contributed by atoms with E-state index < -0.39 is 0 Å². The molecular weight excluding hydrogens is 132 g/mol. The Hall–Kier alpha value is -1.52. The third kappa shape index (κ3) is 0.513. The van der Waals surface area contributed by atoms with Gasteiger partial charge in [0.15, 0.2) is 0 Å². The van der Waals surface area contributed by atoms with Gasteiger partial charge in [0, 0.05) is 0 Å². The molecule has 2 aromatic rings. The molecular formula is C5H6N4O. The number of hydrogen-bond acceptors (Lipinski definition) is 3. The summed E-state index contributed by atoms with van der Waals surface area (Å²) in [5.41, 5.74) is 0.918. The van der Waals surface area contributed by atoms with E-state index in [4.69, 9.17) is 4.84 Å². The highest BCUT2D eigenvalue weighted by Crippen LogP contribution is 1.96. The predicted molar refractivity (Wildman–Crippen MR) is 33.5 cm³/mol. The quantitative estimate of drug-likeness (QED) is 0.538. The molecule has 52 valence electrons. The molecule has 0 radical (unpaired) electrons. The standard InChI is InChI=1S/C5H6N4O/c1-10-9-7-3-5-2-6-4-8(5)9/h2-4H,1H3. The Morgan fingerprint density at radius 3 is 3.20 bits per heavy atom. The van der Waals surface area contributed by atoms with Crippen LogP contribution in [0.3, 0.4) is 0 Å². The number of fused-ring (bicyclic) bond motifs is 1. The number of hydrogen-bond donors (Lipinski definition) is 0. The van der Waals surface area contributed by atoms with Gasteiger partial charge in [-0.25, -0.2) is 4.98 Å². The second kappa shape index (κ2) is 1.73. The number of nitrogens with zero attached hydrogens (tertiary/aromatic N) is 4. The zero-order valence-corrected chi connectivity index (χ0v) is 5.43. The van der Waals surface area contributed by atoms with Crippen LogP contribution in [0, 0.1) is 0 Å². The fourth-order valence-electron chi connectivity index (χ4n) is 0.833. The van der Waals surface area contributed by atoms with Crippen LogP contribution in [0.1, 0.15) is 0 Å². The van der Waals surface area contributed by atoms with Gasteiger partial charge in [0.1, 0.15) is 19.0 Å². The van der Waals surface area contributed by atoms with Gasteiger partial charge in [-0.15, -0.1) is 5.10 Å². The van der Waals surface area contributed by atoms with Crippen molar-refractivity contribution in [3.8, 4) is 0 Å². The lowest BCUT2D eigenvalue weighted by Crippen LogP contribution is -2.12. The van der Waals surface area contributed by atoms with E-state index in [-0.39, 0.29) is 0 Å². The fraction of sp³-hybridized carbons (Fsp3) is 0.200. The summed E-state index contributed by atoms with van der Waals surface area (Å²) in [6, 6.07) is 0. The second-order valence-corrected chi connectivity index (χ2v) is 1.84. The zero-order chi connectivity index (χ0) is 6.97. The van der Waals surface area contributed by atoms with Crippen LogP contribution in [0.2, 0.25) is 0 Å². The van der Waals surface area contributed by atoms with Crippen LogP contribution < -0.4 is 4.84 Å². The van der Waals surface area contributed by atoms with Gasteiger partial charge in [-0.2, -0.15) is 4.52 Å². The van der Waals surface area contributed by atoms with Crippen molar-refractivity contribution in [3.05, 3.63) is 18.7 Å². The molecule has 10 heavy (non-hydrogen) atoms. The number of rotatable bonds is 1. The van der Waals surface area contributed by atoms with Crippen LogP contribution in [-0.4, -0.2) is 26.7 Å². The molecule has 0 amide bonds. The molecule has 0 unspecified atom stereocenters. The van der Waals surface area contributed by atoms with E-state index in [9.17, 15) is 0 Å². The fourth-order valence-corrected chi connectivity index (χ4v) is 0.833. The summed E-state index contributed by atoms with van der Waals surface area (Å²) in [7, 11) is 1.55. The van der Waals surface area contributed by atoms with Crippen molar-refractivity contribution in [2.24, 2.45) is 0 Å². The molecule has 0 aliphatic carbocycles. The Labute approximate surface area is 56.8 Å². The zero-order valence-electron chi connectivity index (χ0n) is 5.43. The molecule has 0 bridgehead atoms. The van der Waals surface area contributed by atoms with Gasteiger partial charge in [-0.05, 0) is 4.96 Å². The van der Waals surface area contributed by atoms with Crippen LogP contribution in [-0.2, 0) is 0 Å². The third-order valence-electron chi connectivity index (χ3n) is 1.28. The SMILES string of the molecule is COn1ncc2cncn21. The third-order valence-corrected chi connectivity index (χ3v) is 1.28. The van der Waals surface area contributed by atoms with E-state index in [0.717, 1.165) is 5.52 Å². The van der Waals surface area contributed by atoms with Crippen LogP contribution in [0.4, 0.5) is 0 Å². The minimum Gasteiger partial charge on any atom is -0.386 e. The molecule has 5 heteroatoms. The molecule has 0 N–H and O–H groups in total. The van der Waals surface area contributed by atoms with E-state index >= 15 is 0 Å². The van der Waals surface area contributed by atoms with Crippen LogP contribution in [0.5, 0.6) is 0 Å². The average Bonchev–Trinajstić information content (AvgIpc) is 2.44. The van der Waals surface area contributed by atoms with Crippen molar-refractivity contribution in [3.63, 3.8) is 0 Å². The maximum absolute atomic E-state index is 4.85. The van der Waals surface area contributed by atoms with Crippen molar-refractivity contribution in [1.82, 2.24) is 19.6 Å². The molecule has 0 spiro atoms. The van der Waals surface area contributed by atoms with Gasteiger partial charge in [0.25, 0.3) is 0 Å². The molecule has 0 fully saturated rings. The Morgan fingerprint density at radius 2 is 2.40 bits per heavy atom. The van der Waals surface area contributed by atoms with Crippen molar-refractivity contribution in [1.29, 1.82) is 0 Å². The van der Waals surface area contributed by atoms with E-state index in [0.29, 0.717) is 0 Å². The highest BCUT2D eigenvalue weighted by Gasteiger charge is 1.97. The van der Waals surface area contributed by atoms with Crippen molar-refractivity contribution < 1.29 is 4.84 Å². The van der Waals surface area contributed by atoms with Gasteiger partial charge in [-0.3, -0.25) is 0 Å². The molecule has 0 aromatic carbocycles. The molecule has 0 saturated heterocycles. The summed E-state index contributed by atoms with van der Waals surface area (Å²) in [5.74, 6) is 0. The normalized spacial score (nSPS) is 10.5. The van der Waals surface area contributed by atoms with Crippen molar-refractivity contribution in [2.45, 2.75) is 0 Å². The minimum absolute atomic E-state index is 0.918. The molecule has 2 aromatic heterocycles. The Morgan fingerprint density at radius 1 is 1.50 bits per heavy atom. The predicted octanol–water partition coefficient (Wildman–Crippen LogP) is -0.411. The van der Waals surface area contributed by atoms with Crippen molar-refractivity contribution >= 4 is 5.52 Å². The summed E-state index contributed by atoms with van der Waals surface area (Å²) >= 11 is 0. The first kappa shape index (κ1) is 5.28. The van der Waals surface area contributed by atoms with Crippen LogP contribution in [0.25, 0.3) is 5.52 Å². The second-order valence-electron chi connectivity index (χ2n) is 1.84. The number of imidazole rings is 1. The summed E-state index contributed by atoms with van der Waals surface area (Å²) < 4.78 is 1.69. The van der Waals surface area contributed by atoms with Gasteiger partial charge >= 0.3 is 0 Å². The summed E-state index contributed by atoms with van der Waals surface area (Å²) in [6.07, 6.45) is 5.02. The Bertz CT molecular complexity index is 336. The maximum Gasteiger partial charge on any atom is 0.120 e. The van der Waals surface area contributed by atoms with Gasteiger partial charge in [0.05, 0.1) is 12.4 Å².